The number of piperazine rings is 1. The van der Waals surface area contributed by atoms with Crippen LogP contribution in [0.25, 0.3) is 0 Å². The van der Waals surface area contributed by atoms with Gasteiger partial charge in [-0.05, 0) is 29.3 Å². The number of hydrogen-bond acceptors (Lipinski definition) is 5. The standard InChI is InChI=1S/C13H20N2O2S/c1-11(13(16)17-2)15-6-4-14(5-7-15)9-12-3-8-18-10-12/h3,8,10-11H,4-7,9H2,1-2H3/t11-/m0/s1. The molecule has 1 saturated heterocycles. The highest BCUT2D eigenvalue weighted by atomic mass is 32.1. The van der Waals surface area contributed by atoms with Crippen molar-refractivity contribution in [3.63, 3.8) is 0 Å². The molecule has 18 heavy (non-hydrogen) atoms. The highest BCUT2D eigenvalue weighted by Gasteiger charge is 2.25. The fourth-order valence-electron chi connectivity index (χ4n) is 2.27. The maximum atomic E-state index is 11.5. The van der Waals surface area contributed by atoms with Crippen LogP contribution in [-0.2, 0) is 16.1 Å². The van der Waals surface area contributed by atoms with E-state index in [1.165, 1.54) is 12.7 Å². The van der Waals surface area contributed by atoms with Crippen LogP contribution in [0.2, 0.25) is 0 Å². The third kappa shape index (κ3) is 3.31. The zero-order valence-corrected chi connectivity index (χ0v) is 11.8. The van der Waals surface area contributed by atoms with E-state index in [0.29, 0.717) is 0 Å². The normalized spacial score (nSPS) is 19.7. The van der Waals surface area contributed by atoms with Gasteiger partial charge < -0.3 is 4.74 Å². The quantitative estimate of drug-likeness (QED) is 0.773. The number of esters is 1. The van der Waals surface area contributed by atoms with Gasteiger partial charge in [0.15, 0.2) is 0 Å². The summed E-state index contributed by atoms with van der Waals surface area (Å²) < 4.78 is 4.78. The summed E-state index contributed by atoms with van der Waals surface area (Å²) >= 11 is 1.74. The lowest BCUT2D eigenvalue weighted by atomic mass is 10.2. The van der Waals surface area contributed by atoms with E-state index in [9.17, 15) is 4.79 Å². The monoisotopic (exact) mass is 268 g/mol. The summed E-state index contributed by atoms with van der Waals surface area (Å²) in [5.74, 6) is -0.138. The summed E-state index contributed by atoms with van der Waals surface area (Å²) in [7, 11) is 1.45. The molecule has 0 saturated carbocycles. The molecule has 100 valence electrons. The van der Waals surface area contributed by atoms with Gasteiger partial charge in [0.05, 0.1) is 7.11 Å². The minimum Gasteiger partial charge on any atom is -0.468 e. The van der Waals surface area contributed by atoms with E-state index in [1.54, 1.807) is 11.3 Å². The van der Waals surface area contributed by atoms with Crippen molar-refractivity contribution in [2.45, 2.75) is 19.5 Å². The molecule has 1 aromatic heterocycles. The predicted octanol–water partition coefficient (Wildman–Crippen LogP) is 1.43. The summed E-state index contributed by atoms with van der Waals surface area (Å²) in [5, 5.41) is 4.31. The first-order valence-electron chi connectivity index (χ1n) is 6.26. The molecule has 1 atom stereocenters. The third-order valence-electron chi connectivity index (χ3n) is 3.48. The lowest BCUT2D eigenvalue weighted by Crippen LogP contribution is -2.51. The second-order valence-corrected chi connectivity index (χ2v) is 5.42. The molecule has 1 aliphatic rings. The molecule has 1 aromatic rings. The minimum atomic E-state index is -0.138. The Morgan fingerprint density at radius 1 is 1.44 bits per heavy atom. The van der Waals surface area contributed by atoms with Crippen molar-refractivity contribution in [1.29, 1.82) is 0 Å². The van der Waals surface area contributed by atoms with E-state index >= 15 is 0 Å². The summed E-state index contributed by atoms with van der Waals surface area (Å²) in [6.45, 7) is 6.82. The highest BCUT2D eigenvalue weighted by molar-refractivity contribution is 7.07. The van der Waals surface area contributed by atoms with Gasteiger partial charge in [0, 0.05) is 32.7 Å². The number of nitrogens with zero attached hydrogens (tertiary/aromatic N) is 2. The van der Waals surface area contributed by atoms with Crippen LogP contribution in [0.5, 0.6) is 0 Å². The van der Waals surface area contributed by atoms with Crippen molar-refractivity contribution in [2.24, 2.45) is 0 Å². The lowest BCUT2D eigenvalue weighted by Gasteiger charge is -2.36. The van der Waals surface area contributed by atoms with Crippen molar-refractivity contribution in [1.82, 2.24) is 9.80 Å². The molecule has 0 N–H and O–H groups in total. The molecule has 0 aromatic carbocycles. The number of carbonyl (C=O) groups is 1. The molecule has 0 radical (unpaired) electrons. The Morgan fingerprint density at radius 3 is 2.72 bits per heavy atom. The maximum Gasteiger partial charge on any atom is 0.322 e. The number of thiophene rings is 1. The largest absolute Gasteiger partial charge is 0.468 e. The number of carbonyl (C=O) groups excluding carboxylic acids is 1. The zero-order valence-electron chi connectivity index (χ0n) is 11.0. The fraction of sp³-hybridized carbons (Fsp3) is 0.615. The van der Waals surface area contributed by atoms with Crippen LogP contribution in [0.3, 0.4) is 0 Å². The first kappa shape index (κ1) is 13.5. The Labute approximate surface area is 112 Å². The van der Waals surface area contributed by atoms with Gasteiger partial charge in [0.1, 0.15) is 6.04 Å². The molecule has 0 bridgehead atoms. The van der Waals surface area contributed by atoms with Crippen LogP contribution in [0.1, 0.15) is 12.5 Å². The topological polar surface area (TPSA) is 32.8 Å². The van der Waals surface area contributed by atoms with E-state index in [0.717, 1.165) is 32.7 Å². The predicted molar refractivity (Wildman–Crippen MR) is 72.6 cm³/mol. The van der Waals surface area contributed by atoms with Crippen LogP contribution in [0.4, 0.5) is 0 Å². The molecule has 1 fully saturated rings. The van der Waals surface area contributed by atoms with Crippen molar-refractivity contribution in [3.05, 3.63) is 22.4 Å². The molecule has 0 aliphatic carbocycles. The smallest absolute Gasteiger partial charge is 0.322 e. The van der Waals surface area contributed by atoms with Gasteiger partial charge in [-0.25, -0.2) is 0 Å². The number of methoxy groups -OCH3 is 1. The van der Waals surface area contributed by atoms with Crippen LogP contribution in [0.15, 0.2) is 16.8 Å². The average molecular weight is 268 g/mol. The molecule has 2 rings (SSSR count). The Bertz CT molecular complexity index is 372. The fourth-order valence-corrected chi connectivity index (χ4v) is 2.93. The van der Waals surface area contributed by atoms with E-state index in [4.69, 9.17) is 4.74 Å². The lowest BCUT2D eigenvalue weighted by molar-refractivity contribution is -0.147. The zero-order chi connectivity index (χ0) is 13.0. The SMILES string of the molecule is COC(=O)[C@H](C)N1CCN(Cc2ccsc2)CC1. The van der Waals surface area contributed by atoms with Crippen molar-refractivity contribution < 1.29 is 9.53 Å². The van der Waals surface area contributed by atoms with Crippen LogP contribution >= 0.6 is 11.3 Å². The maximum absolute atomic E-state index is 11.5. The van der Waals surface area contributed by atoms with Crippen LogP contribution < -0.4 is 0 Å². The van der Waals surface area contributed by atoms with Gasteiger partial charge in [0.2, 0.25) is 0 Å². The van der Waals surface area contributed by atoms with Gasteiger partial charge in [0.25, 0.3) is 0 Å². The molecule has 0 spiro atoms. The molecule has 5 heteroatoms. The second-order valence-electron chi connectivity index (χ2n) is 4.64. The van der Waals surface area contributed by atoms with Crippen molar-refractivity contribution in [2.75, 3.05) is 33.3 Å². The van der Waals surface area contributed by atoms with E-state index in [1.807, 2.05) is 6.92 Å². The van der Waals surface area contributed by atoms with Crippen LogP contribution in [0, 0.1) is 0 Å². The Balaban J connectivity index is 1.79. The Kier molecular flexibility index (Phi) is 4.74. The molecule has 2 heterocycles. The summed E-state index contributed by atoms with van der Waals surface area (Å²) in [6, 6.07) is 2.05. The Morgan fingerprint density at radius 2 is 2.17 bits per heavy atom. The Hall–Kier alpha value is -0.910. The first-order chi connectivity index (χ1) is 8.70. The first-order valence-corrected chi connectivity index (χ1v) is 7.20. The molecular weight excluding hydrogens is 248 g/mol. The number of hydrogen-bond donors (Lipinski definition) is 0. The van der Waals surface area contributed by atoms with Gasteiger partial charge in [-0.2, -0.15) is 11.3 Å². The number of ether oxygens (including phenoxy) is 1. The molecule has 0 amide bonds. The van der Waals surface area contributed by atoms with Gasteiger partial charge in [-0.1, -0.05) is 0 Å². The summed E-state index contributed by atoms with van der Waals surface area (Å²) in [5.41, 5.74) is 1.38. The van der Waals surface area contributed by atoms with E-state index in [-0.39, 0.29) is 12.0 Å². The van der Waals surface area contributed by atoms with Crippen LogP contribution in [-0.4, -0.2) is 55.1 Å². The van der Waals surface area contributed by atoms with Gasteiger partial charge in [-0.15, -0.1) is 0 Å². The van der Waals surface area contributed by atoms with Gasteiger partial charge >= 0.3 is 5.97 Å². The minimum absolute atomic E-state index is 0.127. The van der Waals surface area contributed by atoms with E-state index < -0.39 is 0 Å². The second kappa shape index (κ2) is 6.31. The summed E-state index contributed by atoms with van der Waals surface area (Å²) in [6.07, 6.45) is 0. The molecule has 1 aliphatic heterocycles. The molecule has 4 nitrogen and oxygen atoms in total. The highest BCUT2D eigenvalue weighted by Crippen LogP contribution is 2.13. The third-order valence-corrected chi connectivity index (χ3v) is 4.22. The molecular formula is C13H20N2O2S. The average Bonchev–Trinajstić information content (AvgIpc) is 2.91. The molecule has 0 unspecified atom stereocenters. The number of rotatable bonds is 4. The van der Waals surface area contributed by atoms with Crippen molar-refractivity contribution in [3.8, 4) is 0 Å². The van der Waals surface area contributed by atoms with Crippen molar-refractivity contribution >= 4 is 17.3 Å². The van der Waals surface area contributed by atoms with E-state index in [2.05, 4.69) is 26.6 Å². The van der Waals surface area contributed by atoms with Gasteiger partial charge in [-0.3, -0.25) is 14.6 Å². The summed E-state index contributed by atoms with van der Waals surface area (Å²) in [4.78, 5) is 16.1.